The molecule has 2 rings (SSSR count). The number of rotatable bonds is 7. The minimum Gasteiger partial charge on any atom is -0.493 e. The van der Waals surface area contributed by atoms with Crippen molar-refractivity contribution in [3.63, 3.8) is 0 Å². The monoisotopic (exact) mass is 274 g/mol. The van der Waals surface area contributed by atoms with Gasteiger partial charge in [-0.25, -0.2) is 0 Å². The Hall–Kier alpha value is -2.10. The number of aromatic nitrogens is 1. The normalized spacial score (nSPS) is 10.3. The fourth-order valence-corrected chi connectivity index (χ4v) is 2.05. The maximum atomic E-state index is 5.57. The van der Waals surface area contributed by atoms with Crippen molar-refractivity contribution in [3.8, 4) is 11.5 Å². The SMILES string of the molecule is CCOc1cc(NCc2ccn(CC)c2)ccc1OC. The summed E-state index contributed by atoms with van der Waals surface area (Å²) in [5, 5.41) is 3.40. The lowest BCUT2D eigenvalue weighted by Gasteiger charge is -2.12. The van der Waals surface area contributed by atoms with Crippen LogP contribution >= 0.6 is 0 Å². The van der Waals surface area contributed by atoms with Crippen LogP contribution in [0.4, 0.5) is 5.69 Å². The van der Waals surface area contributed by atoms with Crippen LogP contribution in [0.3, 0.4) is 0 Å². The highest BCUT2D eigenvalue weighted by Crippen LogP contribution is 2.30. The van der Waals surface area contributed by atoms with Crippen molar-refractivity contribution in [1.29, 1.82) is 0 Å². The summed E-state index contributed by atoms with van der Waals surface area (Å²) in [6.45, 7) is 6.52. The van der Waals surface area contributed by atoms with Gasteiger partial charge in [-0.15, -0.1) is 0 Å². The van der Waals surface area contributed by atoms with Crippen LogP contribution in [0.2, 0.25) is 0 Å². The molecule has 0 radical (unpaired) electrons. The van der Waals surface area contributed by atoms with Gasteiger partial charge in [-0.3, -0.25) is 0 Å². The Morgan fingerprint density at radius 1 is 1.15 bits per heavy atom. The highest BCUT2D eigenvalue weighted by atomic mass is 16.5. The fraction of sp³-hybridized carbons (Fsp3) is 0.375. The Bertz CT molecular complexity index is 549. The zero-order chi connectivity index (χ0) is 14.4. The van der Waals surface area contributed by atoms with E-state index in [1.807, 2.05) is 25.1 Å². The number of benzene rings is 1. The zero-order valence-electron chi connectivity index (χ0n) is 12.3. The molecule has 1 aromatic heterocycles. The molecule has 0 saturated carbocycles. The Kier molecular flexibility index (Phi) is 4.93. The Morgan fingerprint density at radius 3 is 2.65 bits per heavy atom. The fourth-order valence-electron chi connectivity index (χ4n) is 2.05. The number of methoxy groups -OCH3 is 1. The quantitative estimate of drug-likeness (QED) is 0.839. The molecule has 0 amide bonds. The summed E-state index contributed by atoms with van der Waals surface area (Å²) in [6.07, 6.45) is 4.25. The van der Waals surface area contributed by atoms with Gasteiger partial charge in [0.1, 0.15) is 0 Å². The van der Waals surface area contributed by atoms with Gasteiger partial charge >= 0.3 is 0 Å². The molecule has 0 spiro atoms. The molecule has 2 aromatic rings. The molecular formula is C16H22N2O2. The van der Waals surface area contributed by atoms with Crippen molar-refractivity contribution in [2.45, 2.75) is 26.9 Å². The number of hydrogen-bond donors (Lipinski definition) is 1. The van der Waals surface area contributed by atoms with E-state index in [0.717, 1.165) is 30.3 Å². The average molecular weight is 274 g/mol. The van der Waals surface area contributed by atoms with E-state index in [1.165, 1.54) is 5.56 Å². The molecule has 0 aliphatic carbocycles. The summed E-state index contributed by atoms with van der Waals surface area (Å²) in [5.74, 6) is 1.53. The van der Waals surface area contributed by atoms with E-state index in [0.29, 0.717) is 6.61 Å². The third kappa shape index (κ3) is 3.47. The van der Waals surface area contributed by atoms with E-state index in [4.69, 9.17) is 9.47 Å². The molecule has 0 saturated heterocycles. The van der Waals surface area contributed by atoms with E-state index in [1.54, 1.807) is 7.11 Å². The first kappa shape index (κ1) is 14.3. The molecule has 0 fully saturated rings. The number of nitrogens with zero attached hydrogens (tertiary/aromatic N) is 1. The molecular weight excluding hydrogens is 252 g/mol. The largest absolute Gasteiger partial charge is 0.493 e. The second kappa shape index (κ2) is 6.89. The summed E-state index contributed by atoms with van der Waals surface area (Å²) in [6, 6.07) is 8.02. The highest BCUT2D eigenvalue weighted by molar-refractivity contribution is 5.54. The smallest absolute Gasteiger partial charge is 0.163 e. The van der Waals surface area contributed by atoms with Crippen molar-refractivity contribution in [2.24, 2.45) is 0 Å². The summed E-state index contributed by atoms with van der Waals surface area (Å²) < 4.78 is 13.0. The molecule has 0 atom stereocenters. The lowest BCUT2D eigenvalue weighted by molar-refractivity contribution is 0.311. The van der Waals surface area contributed by atoms with Crippen LogP contribution in [-0.4, -0.2) is 18.3 Å². The average Bonchev–Trinajstić information content (AvgIpc) is 2.94. The highest BCUT2D eigenvalue weighted by Gasteiger charge is 2.05. The molecule has 4 heteroatoms. The first-order valence-corrected chi connectivity index (χ1v) is 6.96. The number of anilines is 1. The van der Waals surface area contributed by atoms with Crippen LogP contribution in [0.1, 0.15) is 19.4 Å². The van der Waals surface area contributed by atoms with E-state index in [9.17, 15) is 0 Å². The lowest BCUT2D eigenvalue weighted by Crippen LogP contribution is -2.01. The molecule has 0 aliphatic heterocycles. The van der Waals surface area contributed by atoms with Crippen LogP contribution in [0.25, 0.3) is 0 Å². The van der Waals surface area contributed by atoms with Crippen LogP contribution in [0.15, 0.2) is 36.7 Å². The topological polar surface area (TPSA) is 35.4 Å². The van der Waals surface area contributed by atoms with Gasteiger partial charge in [-0.05, 0) is 37.6 Å². The molecule has 0 bridgehead atoms. The summed E-state index contributed by atoms with van der Waals surface area (Å²) in [7, 11) is 1.65. The molecule has 20 heavy (non-hydrogen) atoms. The van der Waals surface area contributed by atoms with Gasteiger partial charge < -0.3 is 19.4 Å². The number of hydrogen-bond acceptors (Lipinski definition) is 3. The van der Waals surface area contributed by atoms with Crippen LogP contribution in [0.5, 0.6) is 11.5 Å². The Labute approximate surface area is 120 Å². The van der Waals surface area contributed by atoms with Gasteiger partial charge in [0.25, 0.3) is 0 Å². The van der Waals surface area contributed by atoms with Crippen LogP contribution in [-0.2, 0) is 13.1 Å². The van der Waals surface area contributed by atoms with Gasteiger partial charge in [0.2, 0.25) is 0 Å². The minimum atomic E-state index is 0.624. The molecule has 1 aromatic carbocycles. The molecule has 0 aliphatic rings. The van der Waals surface area contributed by atoms with Crippen molar-refractivity contribution in [2.75, 3.05) is 19.0 Å². The zero-order valence-corrected chi connectivity index (χ0v) is 12.3. The van der Waals surface area contributed by atoms with Gasteiger partial charge in [0, 0.05) is 37.2 Å². The summed E-state index contributed by atoms with van der Waals surface area (Å²) in [5.41, 5.74) is 2.29. The molecule has 0 unspecified atom stereocenters. The number of ether oxygens (including phenoxy) is 2. The molecule has 108 valence electrons. The van der Waals surface area contributed by atoms with E-state index in [-0.39, 0.29) is 0 Å². The maximum absolute atomic E-state index is 5.57. The molecule has 1 N–H and O–H groups in total. The lowest BCUT2D eigenvalue weighted by atomic mass is 10.2. The van der Waals surface area contributed by atoms with Crippen molar-refractivity contribution >= 4 is 5.69 Å². The summed E-state index contributed by atoms with van der Waals surface area (Å²) in [4.78, 5) is 0. The Balaban J connectivity index is 2.03. The minimum absolute atomic E-state index is 0.624. The Morgan fingerprint density at radius 2 is 2.00 bits per heavy atom. The van der Waals surface area contributed by atoms with Crippen molar-refractivity contribution < 1.29 is 9.47 Å². The predicted molar refractivity (Wildman–Crippen MR) is 81.6 cm³/mol. The molecule has 1 heterocycles. The van der Waals surface area contributed by atoms with Crippen LogP contribution in [0, 0.1) is 0 Å². The number of aryl methyl sites for hydroxylation is 1. The van der Waals surface area contributed by atoms with Gasteiger partial charge in [0.15, 0.2) is 11.5 Å². The van der Waals surface area contributed by atoms with Crippen LogP contribution < -0.4 is 14.8 Å². The van der Waals surface area contributed by atoms with E-state index < -0.39 is 0 Å². The van der Waals surface area contributed by atoms with Crippen molar-refractivity contribution in [3.05, 3.63) is 42.2 Å². The van der Waals surface area contributed by atoms with E-state index >= 15 is 0 Å². The summed E-state index contributed by atoms with van der Waals surface area (Å²) >= 11 is 0. The van der Waals surface area contributed by atoms with E-state index in [2.05, 4.69) is 35.3 Å². The predicted octanol–water partition coefficient (Wildman–Crippen LogP) is 3.53. The van der Waals surface area contributed by atoms with Crippen molar-refractivity contribution in [1.82, 2.24) is 4.57 Å². The second-order valence-electron chi connectivity index (χ2n) is 4.50. The van der Waals surface area contributed by atoms with Gasteiger partial charge in [0.05, 0.1) is 13.7 Å². The van der Waals surface area contributed by atoms with Gasteiger partial charge in [-0.1, -0.05) is 0 Å². The second-order valence-corrected chi connectivity index (χ2v) is 4.50. The van der Waals surface area contributed by atoms with Gasteiger partial charge in [-0.2, -0.15) is 0 Å². The maximum Gasteiger partial charge on any atom is 0.163 e. The number of nitrogens with one attached hydrogen (secondary N) is 1. The first-order valence-electron chi connectivity index (χ1n) is 6.96. The molecule has 4 nitrogen and oxygen atoms in total. The third-order valence-electron chi connectivity index (χ3n) is 3.14. The standard InChI is InChI=1S/C16H22N2O2/c1-4-18-9-8-13(12-18)11-17-14-6-7-15(19-3)16(10-14)20-5-2/h6-10,12,17H,4-5,11H2,1-3H3. The third-order valence-corrected chi connectivity index (χ3v) is 3.14. The first-order chi connectivity index (χ1) is 9.76.